The summed E-state index contributed by atoms with van der Waals surface area (Å²) in [5.74, 6) is 3.94. The van der Waals surface area contributed by atoms with Crippen molar-refractivity contribution in [1.82, 2.24) is 5.32 Å². The lowest BCUT2D eigenvalue weighted by molar-refractivity contribution is 0.489. The molecule has 1 saturated heterocycles. The molecule has 1 N–H and O–H groups in total. The molecule has 3 aliphatic rings. The van der Waals surface area contributed by atoms with Gasteiger partial charge in [-0.25, -0.2) is 0 Å². The van der Waals surface area contributed by atoms with E-state index < -0.39 is 0 Å². The van der Waals surface area contributed by atoms with E-state index in [0.29, 0.717) is 0 Å². The topological polar surface area (TPSA) is 12.0 Å². The molecule has 0 aromatic carbocycles. The lowest BCUT2D eigenvalue weighted by atomic mass is 10.0. The van der Waals surface area contributed by atoms with Crippen LogP contribution < -0.4 is 5.32 Å². The second-order valence-electron chi connectivity index (χ2n) is 4.75. The zero-order valence-corrected chi connectivity index (χ0v) is 8.33. The summed E-state index contributed by atoms with van der Waals surface area (Å²) in [5, 5.41) is 3.66. The summed E-state index contributed by atoms with van der Waals surface area (Å²) >= 11 is 2.17. The highest BCUT2D eigenvalue weighted by atomic mass is 32.2. The number of hydrogen-bond acceptors (Lipinski definition) is 2. The maximum absolute atomic E-state index is 3.66. The molecule has 12 heavy (non-hydrogen) atoms. The smallest absolute Gasteiger partial charge is 0.00683 e. The third-order valence-corrected chi connectivity index (χ3v) is 4.99. The van der Waals surface area contributed by atoms with Gasteiger partial charge in [0.1, 0.15) is 0 Å². The Morgan fingerprint density at radius 1 is 1.42 bits per heavy atom. The average molecular weight is 183 g/mol. The number of nitrogens with one attached hydrogen (secondary N) is 1. The molecule has 2 atom stereocenters. The van der Waals surface area contributed by atoms with Crippen molar-refractivity contribution in [3.63, 3.8) is 0 Å². The van der Waals surface area contributed by atoms with Crippen LogP contribution in [0.25, 0.3) is 0 Å². The minimum absolute atomic E-state index is 0.826. The average Bonchev–Trinajstić information content (AvgIpc) is 2.90. The molecule has 2 unspecified atom stereocenters. The normalized spacial score (nSPS) is 45.5. The Balaban J connectivity index is 1.47. The SMILES string of the molecule is C1CC2(CS1)CC2CNC1CC1. The highest BCUT2D eigenvalue weighted by molar-refractivity contribution is 7.99. The van der Waals surface area contributed by atoms with Crippen LogP contribution in [0, 0.1) is 11.3 Å². The molecular formula is C10H17NS. The molecule has 2 heteroatoms. The molecule has 1 heterocycles. The second kappa shape index (κ2) is 2.65. The minimum atomic E-state index is 0.826. The maximum Gasteiger partial charge on any atom is 0.00683 e. The Bertz CT molecular complexity index is 182. The van der Waals surface area contributed by atoms with Crippen LogP contribution in [0.15, 0.2) is 0 Å². The highest BCUT2D eigenvalue weighted by Gasteiger charge is 2.55. The van der Waals surface area contributed by atoms with E-state index in [9.17, 15) is 0 Å². The molecule has 1 spiro atoms. The van der Waals surface area contributed by atoms with Crippen LogP contribution in [-0.2, 0) is 0 Å². The van der Waals surface area contributed by atoms with Crippen LogP contribution in [0.1, 0.15) is 25.7 Å². The van der Waals surface area contributed by atoms with Gasteiger partial charge in [-0.1, -0.05) is 0 Å². The third-order valence-electron chi connectivity index (χ3n) is 3.72. The Kier molecular flexibility index (Phi) is 1.70. The van der Waals surface area contributed by atoms with Crippen LogP contribution in [-0.4, -0.2) is 24.1 Å². The van der Waals surface area contributed by atoms with Crippen LogP contribution in [0.3, 0.4) is 0 Å². The molecule has 0 amide bonds. The Labute approximate surface area is 78.7 Å². The first-order valence-corrected chi connectivity index (χ1v) is 6.36. The lowest BCUT2D eigenvalue weighted by Gasteiger charge is -2.07. The van der Waals surface area contributed by atoms with Crippen LogP contribution >= 0.6 is 11.8 Å². The zero-order valence-electron chi connectivity index (χ0n) is 7.51. The zero-order chi connectivity index (χ0) is 8.02. The Morgan fingerprint density at radius 2 is 2.33 bits per heavy atom. The molecular weight excluding hydrogens is 166 g/mol. The molecule has 3 fully saturated rings. The van der Waals surface area contributed by atoms with Crippen molar-refractivity contribution in [3.05, 3.63) is 0 Å². The Morgan fingerprint density at radius 3 is 3.00 bits per heavy atom. The summed E-state index contributed by atoms with van der Waals surface area (Å²) in [7, 11) is 0. The monoisotopic (exact) mass is 183 g/mol. The molecule has 1 nitrogen and oxygen atoms in total. The lowest BCUT2D eigenvalue weighted by Crippen LogP contribution is -2.21. The molecule has 0 radical (unpaired) electrons. The van der Waals surface area contributed by atoms with Crippen molar-refractivity contribution in [1.29, 1.82) is 0 Å². The van der Waals surface area contributed by atoms with Gasteiger partial charge in [0, 0.05) is 6.04 Å². The highest BCUT2D eigenvalue weighted by Crippen LogP contribution is 2.60. The van der Waals surface area contributed by atoms with Gasteiger partial charge in [-0.05, 0) is 55.1 Å². The third kappa shape index (κ3) is 1.29. The molecule has 0 aromatic rings. The molecule has 68 valence electrons. The van der Waals surface area contributed by atoms with E-state index in [2.05, 4.69) is 17.1 Å². The molecule has 3 rings (SSSR count). The molecule has 2 saturated carbocycles. The van der Waals surface area contributed by atoms with E-state index in [0.717, 1.165) is 17.4 Å². The van der Waals surface area contributed by atoms with Crippen molar-refractivity contribution in [3.8, 4) is 0 Å². The number of hydrogen-bond donors (Lipinski definition) is 1. The van der Waals surface area contributed by atoms with Gasteiger partial charge in [0.15, 0.2) is 0 Å². The van der Waals surface area contributed by atoms with Crippen molar-refractivity contribution in [2.45, 2.75) is 31.7 Å². The first-order chi connectivity index (χ1) is 5.89. The van der Waals surface area contributed by atoms with Gasteiger partial charge in [0.05, 0.1) is 0 Å². The molecule has 1 aliphatic heterocycles. The van der Waals surface area contributed by atoms with E-state index in [-0.39, 0.29) is 0 Å². The van der Waals surface area contributed by atoms with Gasteiger partial charge >= 0.3 is 0 Å². The van der Waals surface area contributed by atoms with E-state index >= 15 is 0 Å². The summed E-state index contributed by atoms with van der Waals surface area (Å²) in [6.45, 7) is 1.32. The fourth-order valence-electron chi connectivity index (χ4n) is 2.42. The van der Waals surface area contributed by atoms with Gasteiger partial charge < -0.3 is 5.32 Å². The van der Waals surface area contributed by atoms with Crippen LogP contribution in [0.2, 0.25) is 0 Å². The fraction of sp³-hybridized carbons (Fsp3) is 1.00. The minimum Gasteiger partial charge on any atom is -0.314 e. The fourth-order valence-corrected chi connectivity index (χ4v) is 4.02. The summed E-state index contributed by atoms with van der Waals surface area (Å²) in [6, 6.07) is 0.914. The molecule has 0 bridgehead atoms. The quantitative estimate of drug-likeness (QED) is 0.717. The summed E-state index contributed by atoms with van der Waals surface area (Å²) in [6.07, 6.45) is 5.91. The first kappa shape index (κ1) is 7.69. The van der Waals surface area contributed by atoms with Gasteiger partial charge in [-0.15, -0.1) is 0 Å². The van der Waals surface area contributed by atoms with Crippen LogP contribution in [0.5, 0.6) is 0 Å². The largest absolute Gasteiger partial charge is 0.314 e. The van der Waals surface area contributed by atoms with Crippen molar-refractivity contribution < 1.29 is 0 Å². The molecule has 0 aromatic heterocycles. The second-order valence-corrected chi connectivity index (χ2v) is 5.85. The summed E-state index contributed by atoms with van der Waals surface area (Å²) in [5.41, 5.74) is 0.826. The van der Waals surface area contributed by atoms with Gasteiger partial charge in [0.25, 0.3) is 0 Å². The van der Waals surface area contributed by atoms with Gasteiger partial charge in [-0.2, -0.15) is 11.8 Å². The van der Waals surface area contributed by atoms with Crippen molar-refractivity contribution in [2.75, 3.05) is 18.1 Å². The summed E-state index contributed by atoms with van der Waals surface area (Å²) in [4.78, 5) is 0. The standard InChI is InChI=1S/C10H17NS/c1-2-9(1)11-6-8-5-10(8)3-4-12-7-10/h8-9,11H,1-7H2. The number of rotatable bonds is 3. The predicted molar refractivity (Wildman–Crippen MR) is 53.5 cm³/mol. The summed E-state index contributed by atoms with van der Waals surface area (Å²) < 4.78 is 0. The molecule has 2 aliphatic carbocycles. The van der Waals surface area contributed by atoms with Crippen molar-refractivity contribution in [2.24, 2.45) is 11.3 Å². The van der Waals surface area contributed by atoms with E-state index in [4.69, 9.17) is 0 Å². The van der Waals surface area contributed by atoms with Gasteiger partial charge in [-0.3, -0.25) is 0 Å². The van der Waals surface area contributed by atoms with Gasteiger partial charge in [0.2, 0.25) is 0 Å². The van der Waals surface area contributed by atoms with E-state index in [1.165, 1.54) is 43.7 Å². The van der Waals surface area contributed by atoms with E-state index in [1.54, 1.807) is 0 Å². The first-order valence-electron chi connectivity index (χ1n) is 5.20. The van der Waals surface area contributed by atoms with Crippen LogP contribution in [0.4, 0.5) is 0 Å². The Hall–Kier alpha value is 0.310. The predicted octanol–water partition coefficient (Wildman–Crippen LogP) is 1.88. The van der Waals surface area contributed by atoms with E-state index in [1.807, 2.05) is 0 Å². The maximum atomic E-state index is 3.66. The number of thioether (sulfide) groups is 1. The van der Waals surface area contributed by atoms with Crippen molar-refractivity contribution >= 4 is 11.8 Å².